The third-order valence-electron chi connectivity index (χ3n) is 5.31. The standard InChI is InChI=1S/C22H24N4O4/c1-29-19-9-15(27)10-20(30-2)17(19)11-26-8-7-16-18(12-26)24-21(25-22(16)28)13-3-5-14(23)6-4-13/h3-6,9-10,27H,7-8,11-12,23H2,1-2H3,(H,24,25,28). The number of hydrogen-bond donors (Lipinski definition) is 3. The Morgan fingerprint density at radius 2 is 1.83 bits per heavy atom. The molecule has 8 heteroatoms. The van der Waals surface area contributed by atoms with Crippen molar-refractivity contribution in [3.05, 3.63) is 63.6 Å². The molecule has 0 amide bonds. The van der Waals surface area contributed by atoms with Gasteiger partial charge >= 0.3 is 0 Å². The fourth-order valence-electron chi connectivity index (χ4n) is 3.76. The Morgan fingerprint density at radius 1 is 1.17 bits per heavy atom. The van der Waals surface area contributed by atoms with E-state index in [2.05, 4.69) is 9.88 Å². The topological polar surface area (TPSA) is 114 Å². The van der Waals surface area contributed by atoms with Gasteiger partial charge in [-0.3, -0.25) is 9.69 Å². The molecule has 0 atom stereocenters. The number of aromatic hydroxyl groups is 1. The second-order valence-electron chi connectivity index (χ2n) is 7.25. The molecule has 1 aliphatic heterocycles. The zero-order chi connectivity index (χ0) is 21.3. The molecule has 0 unspecified atom stereocenters. The number of aromatic amines is 1. The lowest BCUT2D eigenvalue weighted by molar-refractivity contribution is 0.232. The van der Waals surface area contributed by atoms with Crippen LogP contribution in [0, 0.1) is 0 Å². The van der Waals surface area contributed by atoms with Crippen molar-refractivity contribution in [1.82, 2.24) is 14.9 Å². The zero-order valence-corrected chi connectivity index (χ0v) is 16.9. The van der Waals surface area contributed by atoms with Gasteiger partial charge in [0, 0.05) is 48.6 Å². The average molecular weight is 408 g/mol. The Morgan fingerprint density at radius 3 is 2.47 bits per heavy atom. The van der Waals surface area contributed by atoms with Crippen molar-refractivity contribution in [3.63, 3.8) is 0 Å². The summed E-state index contributed by atoms with van der Waals surface area (Å²) >= 11 is 0. The van der Waals surface area contributed by atoms with Crippen LogP contribution in [0.4, 0.5) is 5.69 Å². The van der Waals surface area contributed by atoms with Crippen LogP contribution in [0.25, 0.3) is 11.4 Å². The van der Waals surface area contributed by atoms with Crippen molar-refractivity contribution in [1.29, 1.82) is 0 Å². The molecule has 1 aliphatic rings. The summed E-state index contributed by atoms with van der Waals surface area (Å²) in [6, 6.07) is 10.4. The molecule has 2 aromatic carbocycles. The lowest BCUT2D eigenvalue weighted by Crippen LogP contribution is -2.35. The van der Waals surface area contributed by atoms with Crippen LogP contribution >= 0.6 is 0 Å². The second-order valence-corrected chi connectivity index (χ2v) is 7.25. The van der Waals surface area contributed by atoms with Crippen molar-refractivity contribution >= 4 is 5.69 Å². The molecular weight excluding hydrogens is 384 g/mol. The van der Waals surface area contributed by atoms with Gasteiger partial charge in [-0.2, -0.15) is 0 Å². The molecule has 0 fully saturated rings. The SMILES string of the molecule is COc1cc(O)cc(OC)c1CN1CCc2c(nc(-c3ccc(N)cc3)[nH]c2=O)C1. The normalized spacial score (nSPS) is 13.7. The smallest absolute Gasteiger partial charge is 0.254 e. The van der Waals surface area contributed by atoms with E-state index in [4.69, 9.17) is 20.2 Å². The highest BCUT2D eigenvalue weighted by molar-refractivity contribution is 5.59. The highest BCUT2D eigenvalue weighted by atomic mass is 16.5. The van der Waals surface area contributed by atoms with Crippen LogP contribution in [0.2, 0.25) is 0 Å². The number of ether oxygens (including phenoxy) is 2. The Hall–Kier alpha value is -3.52. The van der Waals surface area contributed by atoms with Gasteiger partial charge in [0.25, 0.3) is 5.56 Å². The van der Waals surface area contributed by atoms with Gasteiger partial charge in [-0.15, -0.1) is 0 Å². The molecule has 0 spiro atoms. The highest BCUT2D eigenvalue weighted by Gasteiger charge is 2.24. The van der Waals surface area contributed by atoms with E-state index in [1.165, 1.54) is 0 Å². The lowest BCUT2D eigenvalue weighted by Gasteiger charge is -2.28. The summed E-state index contributed by atoms with van der Waals surface area (Å²) in [4.78, 5) is 22.4. The molecule has 8 nitrogen and oxygen atoms in total. The number of aromatic nitrogens is 2. The van der Waals surface area contributed by atoms with Crippen LogP contribution in [0.5, 0.6) is 17.2 Å². The maximum absolute atomic E-state index is 12.6. The first-order valence-corrected chi connectivity index (χ1v) is 9.62. The molecule has 30 heavy (non-hydrogen) atoms. The summed E-state index contributed by atoms with van der Waals surface area (Å²) in [5, 5.41) is 9.87. The van der Waals surface area contributed by atoms with Gasteiger partial charge in [-0.25, -0.2) is 4.98 Å². The Kier molecular flexibility index (Phi) is 5.33. The minimum absolute atomic E-state index is 0.0813. The molecule has 4 N–H and O–H groups in total. The zero-order valence-electron chi connectivity index (χ0n) is 16.9. The van der Waals surface area contributed by atoms with E-state index in [0.717, 1.165) is 22.4 Å². The minimum Gasteiger partial charge on any atom is -0.508 e. The summed E-state index contributed by atoms with van der Waals surface area (Å²) in [6.45, 7) is 1.76. The number of phenolic OH excluding ortho intramolecular Hbond substituents is 1. The van der Waals surface area contributed by atoms with Crippen molar-refractivity contribution in [2.75, 3.05) is 26.5 Å². The number of nitrogens with one attached hydrogen (secondary N) is 1. The number of anilines is 1. The number of H-pyrrole nitrogens is 1. The third-order valence-corrected chi connectivity index (χ3v) is 5.31. The van der Waals surface area contributed by atoms with E-state index in [0.29, 0.717) is 49.1 Å². The van der Waals surface area contributed by atoms with E-state index in [-0.39, 0.29) is 11.3 Å². The molecule has 0 saturated carbocycles. The fourth-order valence-corrected chi connectivity index (χ4v) is 3.76. The second kappa shape index (κ2) is 8.08. The van der Waals surface area contributed by atoms with Crippen molar-refractivity contribution in [3.8, 4) is 28.6 Å². The number of fused-ring (bicyclic) bond motifs is 1. The molecule has 1 aromatic heterocycles. The van der Waals surface area contributed by atoms with Crippen LogP contribution in [0.1, 0.15) is 16.8 Å². The molecule has 2 heterocycles. The summed E-state index contributed by atoms with van der Waals surface area (Å²) < 4.78 is 10.9. The van der Waals surface area contributed by atoms with Crippen LogP contribution in [0.15, 0.2) is 41.2 Å². The molecule has 0 aliphatic carbocycles. The van der Waals surface area contributed by atoms with E-state index in [1.807, 2.05) is 12.1 Å². The number of phenols is 1. The Labute approximate surface area is 173 Å². The fraction of sp³-hybridized carbons (Fsp3) is 0.273. The van der Waals surface area contributed by atoms with Crippen LogP contribution < -0.4 is 20.8 Å². The molecule has 0 saturated heterocycles. The molecule has 156 valence electrons. The van der Waals surface area contributed by atoms with Gasteiger partial charge in [0.15, 0.2) is 0 Å². The lowest BCUT2D eigenvalue weighted by atomic mass is 10.0. The van der Waals surface area contributed by atoms with Crippen molar-refractivity contribution in [2.24, 2.45) is 0 Å². The summed E-state index contributed by atoms with van der Waals surface area (Å²) in [7, 11) is 3.12. The third kappa shape index (κ3) is 3.81. The van der Waals surface area contributed by atoms with Crippen molar-refractivity contribution < 1.29 is 14.6 Å². The summed E-state index contributed by atoms with van der Waals surface area (Å²) in [5.41, 5.74) is 9.43. The van der Waals surface area contributed by atoms with Crippen LogP contribution in [-0.2, 0) is 19.5 Å². The first-order valence-electron chi connectivity index (χ1n) is 9.62. The number of benzene rings is 2. The maximum Gasteiger partial charge on any atom is 0.254 e. The number of nitrogen functional groups attached to an aromatic ring is 1. The van der Waals surface area contributed by atoms with Crippen LogP contribution in [0.3, 0.4) is 0 Å². The molecule has 3 aromatic rings. The first-order chi connectivity index (χ1) is 14.5. The Bertz CT molecular complexity index is 1100. The Balaban J connectivity index is 1.64. The van der Waals surface area contributed by atoms with Gasteiger partial charge in [0.2, 0.25) is 0 Å². The van der Waals surface area contributed by atoms with Crippen molar-refractivity contribution in [2.45, 2.75) is 19.5 Å². The minimum atomic E-state index is -0.105. The summed E-state index contributed by atoms with van der Waals surface area (Å²) in [6.07, 6.45) is 0.600. The number of methoxy groups -OCH3 is 2. The van der Waals surface area contributed by atoms with Gasteiger partial charge < -0.3 is 25.3 Å². The number of nitrogens with zero attached hydrogens (tertiary/aromatic N) is 2. The van der Waals surface area contributed by atoms with Gasteiger partial charge in [-0.1, -0.05) is 0 Å². The van der Waals surface area contributed by atoms with E-state index in [9.17, 15) is 9.90 Å². The van der Waals surface area contributed by atoms with E-state index >= 15 is 0 Å². The number of nitrogens with two attached hydrogens (primary N) is 1. The molecule has 4 rings (SSSR count). The summed E-state index contributed by atoms with van der Waals surface area (Å²) in [5.74, 6) is 1.72. The quantitative estimate of drug-likeness (QED) is 0.555. The van der Waals surface area contributed by atoms with Gasteiger partial charge in [0.05, 0.1) is 25.5 Å². The molecule has 0 radical (unpaired) electrons. The predicted molar refractivity (Wildman–Crippen MR) is 114 cm³/mol. The number of hydrogen-bond acceptors (Lipinski definition) is 7. The monoisotopic (exact) mass is 408 g/mol. The molecule has 0 bridgehead atoms. The highest BCUT2D eigenvalue weighted by Crippen LogP contribution is 2.35. The van der Waals surface area contributed by atoms with Gasteiger partial charge in [-0.05, 0) is 30.7 Å². The van der Waals surface area contributed by atoms with Gasteiger partial charge in [0.1, 0.15) is 23.1 Å². The number of rotatable bonds is 5. The average Bonchev–Trinajstić information content (AvgIpc) is 2.74. The van der Waals surface area contributed by atoms with Crippen LogP contribution in [-0.4, -0.2) is 40.7 Å². The molecular formula is C22H24N4O4. The van der Waals surface area contributed by atoms with E-state index in [1.54, 1.807) is 38.5 Å². The largest absolute Gasteiger partial charge is 0.508 e. The maximum atomic E-state index is 12.6. The predicted octanol–water partition coefficient (Wildman–Crippen LogP) is 2.30. The first kappa shape index (κ1) is 19.8. The van der Waals surface area contributed by atoms with E-state index < -0.39 is 0 Å².